The summed E-state index contributed by atoms with van der Waals surface area (Å²) in [7, 11) is 0. The predicted molar refractivity (Wildman–Crippen MR) is 45.1 cm³/mol. The molecule has 13 heavy (non-hydrogen) atoms. The maximum absolute atomic E-state index is 11.3. The van der Waals surface area contributed by atoms with E-state index in [1.165, 1.54) is 0 Å². The molecule has 0 amide bonds. The van der Waals surface area contributed by atoms with Crippen LogP contribution < -0.4 is 0 Å². The Morgan fingerprint density at radius 3 is 2.77 bits per heavy atom. The fraction of sp³-hybridized carbons (Fsp3) is 0.200. The van der Waals surface area contributed by atoms with Gasteiger partial charge in [0.05, 0.1) is 0 Å². The van der Waals surface area contributed by atoms with Crippen molar-refractivity contribution in [3.8, 4) is 0 Å². The van der Waals surface area contributed by atoms with E-state index in [1.807, 2.05) is 0 Å². The summed E-state index contributed by atoms with van der Waals surface area (Å²) in [5.41, 5.74) is -0.728. The molecule has 1 aromatic rings. The van der Waals surface area contributed by atoms with Gasteiger partial charge in [-0.15, -0.1) is 0 Å². The number of Topliss-reactive ketones (excluding diaryl/α,β-unsaturated/α-hetero) is 1. The molecule has 1 aromatic carbocycles. The van der Waals surface area contributed by atoms with Crippen LogP contribution in [-0.2, 0) is 21.6 Å². The van der Waals surface area contributed by atoms with Crippen molar-refractivity contribution < 1.29 is 14.7 Å². The lowest BCUT2D eigenvalue weighted by atomic mass is 9.97. The molecule has 0 aromatic heterocycles. The van der Waals surface area contributed by atoms with Gasteiger partial charge in [0.25, 0.3) is 0 Å². The van der Waals surface area contributed by atoms with Gasteiger partial charge in [-0.3, -0.25) is 9.59 Å². The number of hydrogen-bond acceptors (Lipinski definition) is 3. The Morgan fingerprint density at radius 1 is 1.38 bits per heavy atom. The monoisotopic (exact) mass is 176 g/mol. The molecule has 0 bridgehead atoms. The highest BCUT2D eigenvalue weighted by Gasteiger charge is 2.44. The number of fused-ring (bicyclic) bond motifs is 1. The van der Waals surface area contributed by atoms with Crippen LogP contribution in [-0.4, -0.2) is 17.2 Å². The second-order valence-corrected chi connectivity index (χ2v) is 3.14. The van der Waals surface area contributed by atoms with Crippen molar-refractivity contribution in [3.63, 3.8) is 0 Å². The van der Waals surface area contributed by atoms with Crippen molar-refractivity contribution in [1.29, 1.82) is 0 Å². The molecule has 0 fully saturated rings. The normalized spacial score (nSPS) is 25.8. The number of benzene rings is 1. The smallest absolute Gasteiger partial charge is 0.204 e. The molecule has 0 radical (unpaired) electrons. The van der Waals surface area contributed by atoms with Crippen LogP contribution in [0, 0.1) is 0 Å². The number of carbonyl (C=O) groups is 2. The average molecular weight is 176 g/mol. The third-order valence-electron chi connectivity index (χ3n) is 2.37. The molecule has 1 atom stereocenters. The van der Waals surface area contributed by atoms with Crippen LogP contribution in [0.5, 0.6) is 0 Å². The molecule has 3 nitrogen and oxygen atoms in total. The summed E-state index contributed by atoms with van der Waals surface area (Å²) in [6.45, 7) is 0. The van der Waals surface area contributed by atoms with E-state index >= 15 is 0 Å². The average Bonchev–Trinajstić information content (AvgIpc) is 2.41. The van der Waals surface area contributed by atoms with E-state index in [2.05, 4.69) is 0 Å². The Bertz CT molecular complexity index is 384. The molecule has 66 valence electrons. The van der Waals surface area contributed by atoms with Crippen LogP contribution >= 0.6 is 0 Å². The molecular weight excluding hydrogens is 168 g/mol. The molecule has 1 aliphatic rings. The standard InChI is InChI=1S/C10H8O3/c11-6-10(13)8-4-2-1-3-7(8)5-9(10)12/h1-4,6,13H,5H2. The largest absolute Gasteiger partial charge is 0.371 e. The fourth-order valence-corrected chi connectivity index (χ4v) is 1.63. The van der Waals surface area contributed by atoms with Crippen LogP contribution in [0.3, 0.4) is 0 Å². The first kappa shape index (κ1) is 8.13. The molecule has 0 heterocycles. The predicted octanol–water partition coefficient (Wildman–Crippen LogP) is 0.198. The first-order chi connectivity index (χ1) is 6.18. The molecule has 0 aliphatic heterocycles. The van der Waals surface area contributed by atoms with Gasteiger partial charge >= 0.3 is 0 Å². The SMILES string of the molecule is O=CC1(O)C(=O)Cc2ccccc21. The van der Waals surface area contributed by atoms with Crippen molar-refractivity contribution in [2.45, 2.75) is 12.0 Å². The maximum Gasteiger partial charge on any atom is 0.204 e. The highest BCUT2D eigenvalue weighted by molar-refractivity contribution is 6.06. The summed E-state index contributed by atoms with van der Waals surface area (Å²) in [4.78, 5) is 21.9. The van der Waals surface area contributed by atoms with Crippen molar-refractivity contribution >= 4 is 12.1 Å². The molecule has 1 unspecified atom stereocenters. The zero-order valence-electron chi connectivity index (χ0n) is 6.86. The van der Waals surface area contributed by atoms with Gasteiger partial charge in [-0.1, -0.05) is 24.3 Å². The first-order valence-corrected chi connectivity index (χ1v) is 3.99. The van der Waals surface area contributed by atoms with Crippen molar-refractivity contribution in [3.05, 3.63) is 35.4 Å². The lowest BCUT2D eigenvalue weighted by Crippen LogP contribution is -2.33. The van der Waals surface area contributed by atoms with E-state index in [4.69, 9.17) is 0 Å². The van der Waals surface area contributed by atoms with E-state index in [1.54, 1.807) is 24.3 Å². The third kappa shape index (κ3) is 0.939. The van der Waals surface area contributed by atoms with Crippen molar-refractivity contribution in [2.24, 2.45) is 0 Å². The molecule has 2 rings (SSSR count). The number of ketones is 1. The van der Waals surface area contributed by atoms with Crippen LogP contribution in [0.15, 0.2) is 24.3 Å². The molecule has 0 spiro atoms. The third-order valence-corrected chi connectivity index (χ3v) is 2.37. The minimum absolute atomic E-state index is 0.144. The summed E-state index contributed by atoms with van der Waals surface area (Å²) < 4.78 is 0. The Balaban J connectivity index is 2.65. The lowest BCUT2D eigenvalue weighted by molar-refractivity contribution is -0.142. The zero-order valence-corrected chi connectivity index (χ0v) is 6.86. The van der Waals surface area contributed by atoms with Gasteiger partial charge in [0.1, 0.15) is 0 Å². The Morgan fingerprint density at radius 2 is 2.08 bits per heavy atom. The van der Waals surface area contributed by atoms with Gasteiger partial charge in [-0.25, -0.2) is 0 Å². The van der Waals surface area contributed by atoms with Gasteiger partial charge in [0.15, 0.2) is 12.1 Å². The molecule has 0 saturated heterocycles. The number of aliphatic hydroxyl groups is 1. The summed E-state index contributed by atoms with van der Waals surface area (Å²) in [5, 5.41) is 9.70. The maximum atomic E-state index is 11.3. The molecular formula is C10H8O3. The number of rotatable bonds is 1. The van der Waals surface area contributed by atoms with Gasteiger partial charge in [-0.2, -0.15) is 0 Å². The van der Waals surface area contributed by atoms with Crippen LogP contribution in [0.25, 0.3) is 0 Å². The Kier molecular flexibility index (Phi) is 1.57. The zero-order chi connectivity index (χ0) is 9.47. The number of carbonyl (C=O) groups excluding carboxylic acids is 2. The van der Waals surface area contributed by atoms with Crippen LogP contribution in [0.2, 0.25) is 0 Å². The van der Waals surface area contributed by atoms with Crippen LogP contribution in [0.4, 0.5) is 0 Å². The highest BCUT2D eigenvalue weighted by atomic mass is 16.3. The lowest BCUT2D eigenvalue weighted by Gasteiger charge is -2.13. The molecule has 1 N–H and O–H groups in total. The highest BCUT2D eigenvalue weighted by Crippen LogP contribution is 2.31. The molecule has 3 heteroatoms. The van der Waals surface area contributed by atoms with E-state index in [0.717, 1.165) is 5.56 Å². The first-order valence-electron chi connectivity index (χ1n) is 3.99. The summed E-state index contributed by atoms with van der Waals surface area (Å²) in [6, 6.07) is 6.83. The number of aldehydes is 1. The van der Waals surface area contributed by atoms with E-state index in [0.29, 0.717) is 11.8 Å². The van der Waals surface area contributed by atoms with Crippen LogP contribution in [0.1, 0.15) is 11.1 Å². The van der Waals surface area contributed by atoms with Gasteiger partial charge in [0.2, 0.25) is 5.60 Å². The van der Waals surface area contributed by atoms with E-state index in [9.17, 15) is 14.7 Å². The van der Waals surface area contributed by atoms with E-state index in [-0.39, 0.29) is 6.42 Å². The minimum atomic E-state index is -1.89. The Labute approximate surface area is 75.0 Å². The molecule has 1 aliphatic carbocycles. The topological polar surface area (TPSA) is 54.4 Å². The van der Waals surface area contributed by atoms with Gasteiger partial charge in [0, 0.05) is 12.0 Å². The minimum Gasteiger partial charge on any atom is -0.371 e. The van der Waals surface area contributed by atoms with Crippen molar-refractivity contribution in [1.82, 2.24) is 0 Å². The van der Waals surface area contributed by atoms with E-state index < -0.39 is 11.4 Å². The van der Waals surface area contributed by atoms with Gasteiger partial charge < -0.3 is 5.11 Å². The summed E-state index contributed by atoms with van der Waals surface area (Å²) in [5.74, 6) is -0.441. The fourth-order valence-electron chi connectivity index (χ4n) is 1.63. The molecule has 0 saturated carbocycles. The summed E-state index contributed by atoms with van der Waals surface area (Å²) in [6.07, 6.45) is 0.451. The van der Waals surface area contributed by atoms with Gasteiger partial charge in [-0.05, 0) is 5.56 Å². The second kappa shape index (κ2) is 2.50. The second-order valence-electron chi connectivity index (χ2n) is 3.14. The number of hydrogen-bond donors (Lipinski definition) is 1. The summed E-state index contributed by atoms with van der Waals surface area (Å²) >= 11 is 0. The van der Waals surface area contributed by atoms with Crippen molar-refractivity contribution in [2.75, 3.05) is 0 Å². The quantitative estimate of drug-likeness (QED) is 0.491. The Hall–Kier alpha value is -1.48.